The first kappa shape index (κ1) is 18.8. The third-order valence-corrected chi connectivity index (χ3v) is 4.84. The van der Waals surface area contributed by atoms with Gasteiger partial charge in [-0.1, -0.05) is 5.16 Å². The number of nitrogens with one attached hydrogen (secondary N) is 1. The van der Waals surface area contributed by atoms with Crippen LogP contribution in [-0.4, -0.2) is 25.8 Å². The molecule has 0 aliphatic carbocycles. The number of nitrogens with zero attached hydrogens (tertiary/aromatic N) is 4. The quantitative estimate of drug-likeness (QED) is 0.553. The highest BCUT2D eigenvalue weighted by Gasteiger charge is 2.22. The zero-order chi connectivity index (χ0) is 20.5. The molecule has 0 saturated carbocycles. The number of rotatable bonds is 5. The second-order valence-electron chi connectivity index (χ2n) is 6.78. The Bertz CT molecular complexity index is 1180. The Hall–Kier alpha value is -3.55. The maximum Gasteiger partial charge on any atom is 0.259 e. The molecule has 0 aliphatic rings. The van der Waals surface area contributed by atoms with Crippen LogP contribution in [0.15, 0.2) is 47.1 Å². The zero-order valence-corrected chi connectivity index (χ0v) is 16.3. The molecular weight excluding hydrogens is 373 g/mol. The smallest absolute Gasteiger partial charge is 0.259 e. The summed E-state index contributed by atoms with van der Waals surface area (Å²) in [5, 5.41) is 11.8. The van der Waals surface area contributed by atoms with Crippen molar-refractivity contribution >= 4 is 17.0 Å². The van der Waals surface area contributed by atoms with Gasteiger partial charge in [0.15, 0.2) is 0 Å². The van der Waals surface area contributed by atoms with Gasteiger partial charge < -0.3 is 9.84 Å². The Morgan fingerprint density at radius 2 is 2.03 bits per heavy atom. The molecule has 0 radical (unpaired) electrons. The van der Waals surface area contributed by atoms with Gasteiger partial charge in [0.05, 0.1) is 34.1 Å². The molecule has 148 valence electrons. The van der Waals surface area contributed by atoms with Crippen LogP contribution in [0, 0.1) is 12.7 Å². The number of hydrogen-bond donors (Lipinski definition) is 1. The van der Waals surface area contributed by atoms with Crippen molar-refractivity contribution in [2.24, 2.45) is 0 Å². The molecule has 3 heterocycles. The molecule has 4 rings (SSSR count). The summed E-state index contributed by atoms with van der Waals surface area (Å²) in [4.78, 5) is 17.6. The molecule has 1 N–H and O–H groups in total. The van der Waals surface area contributed by atoms with Crippen LogP contribution < -0.4 is 5.32 Å². The molecule has 0 bridgehead atoms. The van der Waals surface area contributed by atoms with E-state index in [0.29, 0.717) is 34.4 Å². The maximum absolute atomic E-state index is 13.3. The summed E-state index contributed by atoms with van der Waals surface area (Å²) >= 11 is 0. The predicted molar refractivity (Wildman–Crippen MR) is 106 cm³/mol. The fourth-order valence-corrected chi connectivity index (χ4v) is 3.37. The number of hydrogen-bond acceptors (Lipinski definition) is 5. The number of benzene rings is 1. The molecule has 1 atom stereocenters. The lowest BCUT2D eigenvalue weighted by Crippen LogP contribution is -2.28. The summed E-state index contributed by atoms with van der Waals surface area (Å²) in [6, 6.07) is 9.22. The summed E-state index contributed by atoms with van der Waals surface area (Å²) in [7, 11) is 0. The highest BCUT2D eigenvalue weighted by Crippen LogP contribution is 2.27. The van der Waals surface area contributed by atoms with E-state index in [1.54, 1.807) is 31.3 Å². The summed E-state index contributed by atoms with van der Waals surface area (Å²) < 4.78 is 20.4. The fraction of sp³-hybridized carbons (Fsp3) is 0.238. The van der Waals surface area contributed by atoms with Crippen LogP contribution in [0.1, 0.15) is 41.6 Å². The topological polar surface area (TPSA) is 85.8 Å². The maximum atomic E-state index is 13.3. The molecule has 0 fully saturated rings. The average Bonchev–Trinajstić information content (AvgIpc) is 3.34. The van der Waals surface area contributed by atoms with Gasteiger partial charge in [0.1, 0.15) is 5.82 Å². The Balaban J connectivity index is 1.74. The van der Waals surface area contributed by atoms with E-state index in [4.69, 9.17) is 4.52 Å². The van der Waals surface area contributed by atoms with Crippen molar-refractivity contribution in [3.63, 3.8) is 0 Å². The van der Waals surface area contributed by atoms with E-state index in [1.165, 1.54) is 12.1 Å². The fourth-order valence-electron chi connectivity index (χ4n) is 3.37. The van der Waals surface area contributed by atoms with Gasteiger partial charge in [-0.25, -0.2) is 9.37 Å². The van der Waals surface area contributed by atoms with Gasteiger partial charge >= 0.3 is 0 Å². The molecule has 0 saturated heterocycles. The van der Waals surface area contributed by atoms with Crippen LogP contribution in [0.3, 0.4) is 0 Å². The molecular formula is C21H20FN5O2. The van der Waals surface area contributed by atoms with Crippen molar-refractivity contribution in [2.45, 2.75) is 33.4 Å². The molecule has 29 heavy (non-hydrogen) atoms. The first-order chi connectivity index (χ1) is 14.0. The van der Waals surface area contributed by atoms with Gasteiger partial charge in [0.2, 0.25) is 0 Å². The third-order valence-electron chi connectivity index (χ3n) is 4.84. The van der Waals surface area contributed by atoms with E-state index in [2.05, 4.69) is 20.6 Å². The number of pyridine rings is 1. The molecule has 1 aromatic carbocycles. The number of amides is 1. The van der Waals surface area contributed by atoms with Crippen molar-refractivity contribution in [2.75, 3.05) is 0 Å². The number of carbonyl (C=O) groups is 1. The molecule has 0 spiro atoms. The highest BCUT2D eigenvalue weighted by molar-refractivity contribution is 6.07. The minimum atomic E-state index is -0.343. The Kier molecular flexibility index (Phi) is 4.84. The highest BCUT2D eigenvalue weighted by atomic mass is 19.1. The largest absolute Gasteiger partial charge is 0.344 e. The molecule has 0 unspecified atom stereocenters. The first-order valence-electron chi connectivity index (χ1n) is 9.33. The molecule has 3 aromatic heterocycles. The van der Waals surface area contributed by atoms with Gasteiger partial charge in [0, 0.05) is 18.3 Å². The van der Waals surface area contributed by atoms with Gasteiger partial charge in [-0.15, -0.1) is 0 Å². The number of carbonyl (C=O) groups excluding carboxylic acids is 1. The van der Waals surface area contributed by atoms with Crippen LogP contribution in [0.25, 0.3) is 22.4 Å². The van der Waals surface area contributed by atoms with E-state index in [9.17, 15) is 9.18 Å². The van der Waals surface area contributed by atoms with Crippen molar-refractivity contribution in [3.8, 4) is 11.3 Å². The van der Waals surface area contributed by atoms with Crippen LogP contribution in [0.2, 0.25) is 0 Å². The van der Waals surface area contributed by atoms with Gasteiger partial charge in [-0.2, -0.15) is 5.10 Å². The zero-order valence-electron chi connectivity index (χ0n) is 16.3. The molecule has 4 aromatic rings. The second kappa shape index (κ2) is 7.46. The van der Waals surface area contributed by atoms with Gasteiger partial charge in [-0.05, 0) is 57.2 Å². The summed E-state index contributed by atoms with van der Waals surface area (Å²) in [5.41, 5.74) is 3.34. The van der Waals surface area contributed by atoms with Crippen LogP contribution in [0.4, 0.5) is 4.39 Å². The van der Waals surface area contributed by atoms with Crippen LogP contribution >= 0.6 is 0 Å². The third kappa shape index (κ3) is 3.49. The lowest BCUT2D eigenvalue weighted by molar-refractivity contribution is 0.0940. The van der Waals surface area contributed by atoms with E-state index < -0.39 is 0 Å². The van der Waals surface area contributed by atoms with Crippen molar-refractivity contribution in [1.29, 1.82) is 0 Å². The van der Waals surface area contributed by atoms with Gasteiger partial charge in [0.25, 0.3) is 11.6 Å². The summed E-state index contributed by atoms with van der Waals surface area (Å²) in [6.07, 6.45) is 1.71. The number of aryl methyl sites for hydroxylation is 2. The number of halogens is 1. The number of fused-ring (bicyclic) bond motifs is 1. The molecule has 1 amide bonds. The second-order valence-corrected chi connectivity index (χ2v) is 6.78. The standard InChI is InChI=1S/C21H20FN5O2/c1-4-27-18(9-10-23-27)12(2)24-20(28)16-11-17(14-5-7-15(22)8-6-14)25-21-19(16)13(3)26-29-21/h5-12H,4H2,1-3H3,(H,24,28)/t12-/m0/s1. The first-order valence-corrected chi connectivity index (χ1v) is 9.33. The van der Waals surface area contributed by atoms with Gasteiger partial charge in [-0.3, -0.25) is 9.48 Å². The van der Waals surface area contributed by atoms with E-state index in [0.717, 1.165) is 5.69 Å². The van der Waals surface area contributed by atoms with Crippen molar-refractivity contribution in [3.05, 3.63) is 65.4 Å². The van der Waals surface area contributed by atoms with E-state index in [1.807, 2.05) is 24.6 Å². The molecule has 0 aliphatic heterocycles. The Morgan fingerprint density at radius 3 is 2.76 bits per heavy atom. The normalized spacial score (nSPS) is 12.3. The molecule has 7 nitrogen and oxygen atoms in total. The molecule has 8 heteroatoms. The lowest BCUT2D eigenvalue weighted by atomic mass is 10.0. The van der Waals surface area contributed by atoms with E-state index in [-0.39, 0.29) is 23.5 Å². The van der Waals surface area contributed by atoms with E-state index >= 15 is 0 Å². The minimum Gasteiger partial charge on any atom is -0.344 e. The summed E-state index contributed by atoms with van der Waals surface area (Å²) in [6.45, 7) is 6.37. The van der Waals surface area contributed by atoms with Crippen LogP contribution in [0.5, 0.6) is 0 Å². The number of aromatic nitrogens is 4. The van der Waals surface area contributed by atoms with Crippen molar-refractivity contribution in [1.82, 2.24) is 25.2 Å². The Morgan fingerprint density at radius 1 is 1.28 bits per heavy atom. The average molecular weight is 393 g/mol. The summed E-state index contributed by atoms with van der Waals surface area (Å²) in [5.74, 6) is -0.618. The monoisotopic (exact) mass is 393 g/mol. The lowest BCUT2D eigenvalue weighted by Gasteiger charge is -2.16. The Labute approximate surface area is 166 Å². The minimum absolute atomic E-state index is 0.248. The predicted octanol–water partition coefficient (Wildman–Crippen LogP) is 4.04. The van der Waals surface area contributed by atoms with Crippen molar-refractivity contribution < 1.29 is 13.7 Å². The van der Waals surface area contributed by atoms with Crippen LogP contribution in [-0.2, 0) is 6.54 Å². The SMILES string of the molecule is CCn1nccc1[C@H](C)NC(=O)c1cc(-c2ccc(F)cc2)nc2onc(C)c12.